The van der Waals surface area contributed by atoms with E-state index in [0.717, 1.165) is 25.9 Å². The second kappa shape index (κ2) is 7.10. The van der Waals surface area contributed by atoms with Crippen LogP contribution < -0.4 is 11.1 Å². The number of rotatable bonds is 7. The van der Waals surface area contributed by atoms with Gasteiger partial charge in [0.1, 0.15) is 0 Å². The van der Waals surface area contributed by atoms with Gasteiger partial charge >= 0.3 is 0 Å². The van der Waals surface area contributed by atoms with Gasteiger partial charge in [-0.1, -0.05) is 13.8 Å². The predicted molar refractivity (Wildman–Crippen MR) is 73.2 cm³/mol. The molecule has 1 aliphatic heterocycles. The second-order valence-corrected chi connectivity index (χ2v) is 6.11. The average molecular weight is 256 g/mol. The number of nitrogens with one attached hydrogen (secondary N) is 1. The van der Waals surface area contributed by atoms with Crippen LogP contribution in [-0.4, -0.2) is 31.2 Å². The number of carbonyl (C=O) groups excluding carboxylic acids is 1. The first-order chi connectivity index (χ1) is 8.45. The zero-order valence-corrected chi connectivity index (χ0v) is 12.0. The van der Waals surface area contributed by atoms with Gasteiger partial charge in [-0.05, 0) is 44.6 Å². The van der Waals surface area contributed by atoms with Crippen molar-refractivity contribution in [2.45, 2.75) is 52.1 Å². The molecule has 4 heteroatoms. The Morgan fingerprint density at radius 1 is 1.50 bits per heavy atom. The van der Waals surface area contributed by atoms with Crippen LogP contribution in [0.5, 0.6) is 0 Å². The molecule has 1 heterocycles. The quantitative estimate of drug-likeness (QED) is 0.728. The SMILES string of the molecule is CC(C)C[C@H](CN)CC(=O)NCC1(C)CCCO1. The first-order valence-corrected chi connectivity index (χ1v) is 7.06. The Hall–Kier alpha value is -0.610. The van der Waals surface area contributed by atoms with E-state index in [0.29, 0.717) is 31.3 Å². The van der Waals surface area contributed by atoms with Gasteiger partial charge < -0.3 is 15.8 Å². The Kier molecular flexibility index (Phi) is 6.09. The maximum atomic E-state index is 11.9. The lowest BCUT2D eigenvalue weighted by Gasteiger charge is -2.24. The highest BCUT2D eigenvalue weighted by atomic mass is 16.5. The van der Waals surface area contributed by atoms with Gasteiger partial charge in [0, 0.05) is 19.6 Å². The number of hydrogen-bond donors (Lipinski definition) is 2. The molecular formula is C14H28N2O2. The van der Waals surface area contributed by atoms with E-state index in [1.807, 2.05) is 0 Å². The minimum Gasteiger partial charge on any atom is -0.373 e. The molecule has 0 aromatic heterocycles. The number of amides is 1. The second-order valence-electron chi connectivity index (χ2n) is 6.11. The Balaban J connectivity index is 2.27. The van der Waals surface area contributed by atoms with Crippen LogP contribution in [0.25, 0.3) is 0 Å². The Bertz CT molecular complexity index is 261. The zero-order valence-electron chi connectivity index (χ0n) is 12.0. The highest BCUT2D eigenvalue weighted by Crippen LogP contribution is 2.24. The Morgan fingerprint density at radius 2 is 2.22 bits per heavy atom. The minimum absolute atomic E-state index is 0.0998. The van der Waals surface area contributed by atoms with E-state index >= 15 is 0 Å². The van der Waals surface area contributed by atoms with Crippen LogP contribution in [0.15, 0.2) is 0 Å². The molecular weight excluding hydrogens is 228 g/mol. The standard InChI is InChI=1S/C14H28N2O2/c1-11(2)7-12(9-15)8-13(17)16-10-14(3)5-4-6-18-14/h11-12H,4-10,15H2,1-3H3,(H,16,17)/t12-,14?/m0/s1. The van der Waals surface area contributed by atoms with Crippen molar-refractivity contribution in [3.05, 3.63) is 0 Å². The fraction of sp³-hybridized carbons (Fsp3) is 0.929. The molecule has 0 aromatic rings. The molecule has 0 radical (unpaired) electrons. The van der Waals surface area contributed by atoms with E-state index < -0.39 is 0 Å². The molecule has 1 rings (SSSR count). The summed E-state index contributed by atoms with van der Waals surface area (Å²) in [5, 5.41) is 2.98. The van der Waals surface area contributed by atoms with E-state index in [4.69, 9.17) is 10.5 Å². The van der Waals surface area contributed by atoms with Crippen molar-refractivity contribution < 1.29 is 9.53 Å². The van der Waals surface area contributed by atoms with Crippen molar-refractivity contribution in [1.82, 2.24) is 5.32 Å². The van der Waals surface area contributed by atoms with Crippen molar-refractivity contribution in [3.63, 3.8) is 0 Å². The maximum Gasteiger partial charge on any atom is 0.220 e. The molecule has 0 bridgehead atoms. The van der Waals surface area contributed by atoms with Crippen LogP contribution in [0.1, 0.15) is 46.5 Å². The van der Waals surface area contributed by atoms with Crippen molar-refractivity contribution in [3.8, 4) is 0 Å². The molecule has 1 fully saturated rings. The van der Waals surface area contributed by atoms with Crippen LogP contribution in [0.2, 0.25) is 0 Å². The summed E-state index contributed by atoms with van der Waals surface area (Å²) < 4.78 is 5.65. The minimum atomic E-state index is -0.161. The van der Waals surface area contributed by atoms with E-state index in [-0.39, 0.29) is 11.5 Å². The molecule has 0 aromatic carbocycles. The van der Waals surface area contributed by atoms with Crippen LogP contribution in [-0.2, 0) is 9.53 Å². The molecule has 106 valence electrons. The summed E-state index contributed by atoms with van der Waals surface area (Å²) in [6.45, 7) is 8.39. The molecule has 0 spiro atoms. The lowest BCUT2D eigenvalue weighted by atomic mass is 9.94. The molecule has 1 saturated heterocycles. The van der Waals surface area contributed by atoms with Gasteiger partial charge in [0.05, 0.1) is 5.60 Å². The van der Waals surface area contributed by atoms with Gasteiger partial charge in [0.25, 0.3) is 0 Å². The third kappa shape index (κ3) is 5.36. The monoisotopic (exact) mass is 256 g/mol. The lowest BCUT2D eigenvalue weighted by molar-refractivity contribution is -0.123. The molecule has 0 saturated carbocycles. The number of carbonyl (C=O) groups is 1. The van der Waals surface area contributed by atoms with Gasteiger partial charge in [-0.25, -0.2) is 0 Å². The normalized spacial score (nSPS) is 25.4. The summed E-state index contributed by atoms with van der Waals surface area (Å²) in [6.07, 6.45) is 3.66. The predicted octanol–water partition coefficient (Wildman–Crippen LogP) is 1.68. The third-order valence-electron chi connectivity index (χ3n) is 3.57. The van der Waals surface area contributed by atoms with E-state index in [1.165, 1.54) is 0 Å². The topological polar surface area (TPSA) is 64.4 Å². The zero-order chi connectivity index (χ0) is 13.6. The van der Waals surface area contributed by atoms with Crippen LogP contribution >= 0.6 is 0 Å². The molecule has 4 nitrogen and oxygen atoms in total. The summed E-state index contributed by atoms with van der Waals surface area (Å²) in [5.41, 5.74) is 5.55. The summed E-state index contributed by atoms with van der Waals surface area (Å²) in [7, 11) is 0. The first-order valence-electron chi connectivity index (χ1n) is 7.06. The van der Waals surface area contributed by atoms with Crippen LogP contribution in [0.3, 0.4) is 0 Å². The number of nitrogens with two attached hydrogens (primary N) is 1. The molecule has 18 heavy (non-hydrogen) atoms. The highest BCUT2D eigenvalue weighted by molar-refractivity contribution is 5.76. The van der Waals surface area contributed by atoms with Gasteiger partial charge in [-0.15, -0.1) is 0 Å². The molecule has 0 aliphatic carbocycles. The van der Waals surface area contributed by atoms with Gasteiger partial charge in [-0.3, -0.25) is 4.79 Å². The van der Waals surface area contributed by atoms with Crippen molar-refractivity contribution >= 4 is 5.91 Å². The number of ether oxygens (including phenoxy) is 1. The lowest BCUT2D eigenvalue weighted by Crippen LogP contribution is -2.41. The smallest absolute Gasteiger partial charge is 0.220 e. The molecule has 2 atom stereocenters. The van der Waals surface area contributed by atoms with Gasteiger partial charge in [0.2, 0.25) is 5.91 Å². The van der Waals surface area contributed by atoms with Gasteiger partial charge in [-0.2, -0.15) is 0 Å². The van der Waals surface area contributed by atoms with Crippen molar-refractivity contribution in [2.24, 2.45) is 17.6 Å². The number of hydrogen-bond acceptors (Lipinski definition) is 3. The fourth-order valence-corrected chi connectivity index (χ4v) is 2.53. The van der Waals surface area contributed by atoms with Gasteiger partial charge in [0.15, 0.2) is 0 Å². The molecule has 1 aliphatic rings. The molecule has 3 N–H and O–H groups in total. The van der Waals surface area contributed by atoms with E-state index in [2.05, 4.69) is 26.1 Å². The van der Waals surface area contributed by atoms with Crippen molar-refractivity contribution in [2.75, 3.05) is 19.7 Å². The molecule has 1 amide bonds. The third-order valence-corrected chi connectivity index (χ3v) is 3.57. The van der Waals surface area contributed by atoms with E-state index in [9.17, 15) is 4.79 Å². The summed E-state index contributed by atoms with van der Waals surface area (Å²) >= 11 is 0. The van der Waals surface area contributed by atoms with Crippen molar-refractivity contribution in [1.29, 1.82) is 0 Å². The van der Waals surface area contributed by atoms with Crippen LogP contribution in [0.4, 0.5) is 0 Å². The Morgan fingerprint density at radius 3 is 2.72 bits per heavy atom. The first kappa shape index (κ1) is 15.4. The average Bonchev–Trinajstić information content (AvgIpc) is 2.73. The largest absolute Gasteiger partial charge is 0.373 e. The molecule has 1 unspecified atom stereocenters. The van der Waals surface area contributed by atoms with Crippen LogP contribution in [0, 0.1) is 11.8 Å². The summed E-state index contributed by atoms with van der Waals surface area (Å²) in [5.74, 6) is 0.979. The summed E-state index contributed by atoms with van der Waals surface area (Å²) in [4.78, 5) is 11.9. The van der Waals surface area contributed by atoms with E-state index in [1.54, 1.807) is 0 Å². The highest BCUT2D eigenvalue weighted by Gasteiger charge is 2.30. The maximum absolute atomic E-state index is 11.9. The Labute approximate surface area is 111 Å². The summed E-state index contributed by atoms with van der Waals surface area (Å²) in [6, 6.07) is 0. The fourth-order valence-electron chi connectivity index (χ4n) is 2.53.